The highest BCUT2D eigenvalue weighted by Crippen LogP contribution is 2.24. The summed E-state index contributed by atoms with van der Waals surface area (Å²) in [6, 6.07) is 13.5. The molecule has 0 fully saturated rings. The number of hydrogen-bond donors (Lipinski definition) is 2. The lowest BCUT2D eigenvalue weighted by molar-refractivity contribution is 0.109. The predicted molar refractivity (Wildman–Crippen MR) is 93.5 cm³/mol. The minimum atomic E-state index is 0.152. The van der Waals surface area contributed by atoms with Gasteiger partial charge in [0, 0.05) is 12.3 Å². The second-order valence-corrected chi connectivity index (χ2v) is 4.99. The molecule has 0 unspecified atom stereocenters. The SMILES string of the molecule is CCOCCOc1nc(N)nc2ccc(Nc3ccccc3)nc12. The summed E-state index contributed by atoms with van der Waals surface area (Å²) in [5.41, 5.74) is 7.87. The van der Waals surface area contributed by atoms with Crippen molar-refractivity contribution in [2.75, 3.05) is 30.9 Å². The number of nitrogens with two attached hydrogens (primary N) is 1. The van der Waals surface area contributed by atoms with Gasteiger partial charge in [0.1, 0.15) is 12.4 Å². The van der Waals surface area contributed by atoms with Crippen LogP contribution in [0.3, 0.4) is 0 Å². The Bertz CT molecular complexity index is 811. The molecule has 2 aromatic heterocycles. The van der Waals surface area contributed by atoms with Gasteiger partial charge in [-0.05, 0) is 31.2 Å². The van der Waals surface area contributed by atoms with Gasteiger partial charge in [0.25, 0.3) is 0 Å². The van der Waals surface area contributed by atoms with E-state index in [9.17, 15) is 0 Å². The maximum absolute atomic E-state index is 5.74. The Labute approximate surface area is 139 Å². The molecule has 0 aliphatic heterocycles. The lowest BCUT2D eigenvalue weighted by atomic mass is 10.3. The zero-order chi connectivity index (χ0) is 16.8. The third-order valence-electron chi connectivity index (χ3n) is 3.24. The molecule has 0 bridgehead atoms. The average molecular weight is 325 g/mol. The van der Waals surface area contributed by atoms with Crippen molar-refractivity contribution in [3.8, 4) is 5.88 Å². The van der Waals surface area contributed by atoms with Crippen LogP contribution in [-0.2, 0) is 4.74 Å². The number of fused-ring (bicyclic) bond motifs is 1. The second kappa shape index (κ2) is 7.56. The van der Waals surface area contributed by atoms with Gasteiger partial charge in [-0.2, -0.15) is 4.98 Å². The number of anilines is 3. The summed E-state index contributed by atoms with van der Waals surface area (Å²) in [5.74, 6) is 1.19. The molecule has 0 saturated carbocycles. The summed E-state index contributed by atoms with van der Waals surface area (Å²) >= 11 is 0. The molecule has 0 radical (unpaired) electrons. The highest BCUT2D eigenvalue weighted by Gasteiger charge is 2.10. The number of hydrogen-bond acceptors (Lipinski definition) is 7. The molecule has 0 spiro atoms. The van der Waals surface area contributed by atoms with Gasteiger partial charge in [-0.3, -0.25) is 0 Å². The number of benzene rings is 1. The van der Waals surface area contributed by atoms with Crippen molar-refractivity contribution in [3.63, 3.8) is 0 Å². The highest BCUT2D eigenvalue weighted by atomic mass is 16.5. The van der Waals surface area contributed by atoms with Crippen molar-refractivity contribution in [2.24, 2.45) is 0 Å². The fourth-order valence-corrected chi connectivity index (χ4v) is 2.19. The van der Waals surface area contributed by atoms with E-state index in [4.69, 9.17) is 15.2 Å². The average Bonchev–Trinajstić information content (AvgIpc) is 2.60. The Balaban J connectivity index is 1.87. The second-order valence-electron chi connectivity index (χ2n) is 4.99. The largest absolute Gasteiger partial charge is 0.474 e. The molecule has 3 rings (SSSR count). The number of para-hydroxylation sites is 1. The smallest absolute Gasteiger partial charge is 0.245 e. The van der Waals surface area contributed by atoms with Crippen molar-refractivity contribution < 1.29 is 9.47 Å². The van der Waals surface area contributed by atoms with Crippen LogP contribution in [-0.4, -0.2) is 34.8 Å². The molecule has 1 aromatic carbocycles. The molecule has 124 valence electrons. The van der Waals surface area contributed by atoms with E-state index in [0.29, 0.717) is 42.6 Å². The molecular formula is C17H19N5O2. The number of nitrogens with zero attached hydrogens (tertiary/aromatic N) is 3. The molecule has 2 heterocycles. The van der Waals surface area contributed by atoms with E-state index in [1.165, 1.54) is 0 Å². The van der Waals surface area contributed by atoms with E-state index in [1.54, 1.807) is 0 Å². The Hall–Kier alpha value is -2.93. The molecule has 0 aliphatic rings. The summed E-state index contributed by atoms with van der Waals surface area (Å²) in [6.45, 7) is 3.42. The summed E-state index contributed by atoms with van der Waals surface area (Å²) in [7, 11) is 0. The fraction of sp³-hybridized carbons (Fsp3) is 0.235. The van der Waals surface area contributed by atoms with Gasteiger partial charge in [-0.15, -0.1) is 0 Å². The van der Waals surface area contributed by atoms with Crippen LogP contribution in [0.1, 0.15) is 6.92 Å². The van der Waals surface area contributed by atoms with E-state index < -0.39 is 0 Å². The zero-order valence-corrected chi connectivity index (χ0v) is 13.4. The molecule has 0 aliphatic carbocycles. The molecule has 3 N–H and O–H groups in total. The van der Waals surface area contributed by atoms with Gasteiger partial charge in [0.05, 0.1) is 12.1 Å². The zero-order valence-electron chi connectivity index (χ0n) is 13.4. The van der Waals surface area contributed by atoms with Gasteiger partial charge >= 0.3 is 0 Å². The molecule has 24 heavy (non-hydrogen) atoms. The normalized spacial score (nSPS) is 10.7. The Morgan fingerprint density at radius 2 is 1.83 bits per heavy atom. The number of ether oxygens (including phenoxy) is 2. The third kappa shape index (κ3) is 3.88. The van der Waals surface area contributed by atoms with E-state index in [1.807, 2.05) is 49.4 Å². The van der Waals surface area contributed by atoms with Crippen LogP contribution in [0, 0.1) is 0 Å². The molecule has 3 aromatic rings. The molecule has 7 nitrogen and oxygen atoms in total. The van der Waals surface area contributed by atoms with Crippen LogP contribution in [0.4, 0.5) is 17.5 Å². The number of rotatable bonds is 7. The summed E-state index contributed by atoms with van der Waals surface area (Å²) < 4.78 is 10.9. The first kappa shape index (κ1) is 15.9. The summed E-state index contributed by atoms with van der Waals surface area (Å²) in [5, 5.41) is 3.24. The Kier molecular flexibility index (Phi) is 5.02. The highest BCUT2D eigenvalue weighted by molar-refractivity contribution is 5.82. The monoisotopic (exact) mass is 325 g/mol. The van der Waals surface area contributed by atoms with E-state index in [2.05, 4.69) is 20.3 Å². The van der Waals surface area contributed by atoms with Crippen molar-refractivity contribution in [1.82, 2.24) is 15.0 Å². The van der Waals surface area contributed by atoms with Crippen LogP contribution >= 0.6 is 0 Å². The van der Waals surface area contributed by atoms with Crippen LogP contribution in [0.5, 0.6) is 5.88 Å². The fourth-order valence-electron chi connectivity index (χ4n) is 2.19. The maximum atomic E-state index is 5.74. The molecular weight excluding hydrogens is 306 g/mol. The standard InChI is InChI=1S/C17H19N5O2/c1-2-23-10-11-24-16-15-13(20-17(18)22-16)8-9-14(21-15)19-12-6-4-3-5-7-12/h3-9H,2,10-11H2,1H3,(H,19,21)(H2,18,20,22). The van der Waals surface area contributed by atoms with Crippen LogP contribution in [0.25, 0.3) is 11.0 Å². The first-order valence-corrected chi connectivity index (χ1v) is 7.73. The number of aromatic nitrogens is 3. The quantitative estimate of drug-likeness (QED) is 0.645. The van der Waals surface area contributed by atoms with Crippen molar-refractivity contribution in [3.05, 3.63) is 42.5 Å². The Morgan fingerprint density at radius 3 is 2.62 bits per heavy atom. The van der Waals surface area contributed by atoms with Crippen LogP contribution < -0.4 is 15.8 Å². The van der Waals surface area contributed by atoms with Gasteiger partial charge in [-0.1, -0.05) is 18.2 Å². The topological polar surface area (TPSA) is 95.2 Å². The minimum Gasteiger partial charge on any atom is -0.474 e. The molecule has 7 heteroatoms. The molecule has 0 atom stereocenters. The van der Waals surface area contributed by atoms with E-state index in [-0.39, 0.29) is 5.95 Å². The lowest BCUT2D eigenvalue weighted by Crippen LogP contribution is -2.09. The molecule has 0 saturated heterocycles. The number of pyridine rings is 1. The van der Waals surface area contributed by atoms with Gasteiger partial charge in [0.15, 0.2) is 5.52 Å². The van der Waals surface area contributed by atoms with Crippen molar-refractivity contribution >= 4 is 28.5 Å². The van der Waals surface area contributed by atoms with Crippen LogP contribution in [0.2, 0.25) is 0 Å². The first-order chi connectivity index (χ1) is 11.8. The number of nitrogens with one attached hydrogen (secondary N) is 1. The lowest BCUT2D eigenvalue weighted by Gasteiger charge is -2.10. The summed E-state index contributed by atoms with van der Waals surface area (Å²) in [4.78, 5) is 12.9. The first-order valence-electron chi connectivity index (χ1n) is 7.73. The van der Waals surface area contributed by atoms with E-state index in [0.717, 1.165) is 5.69 Å². The van der Waals surface area contributed by atoms with Crippen molar-refractivity contribution in [2.45, 2.75) is 6.92 Å². The van der Waals surface area contributed by atoms with Gasteiger partial charge in [-0.25, -0.2) is 9.97 Å². The van der Waals surface area contributed by atoms with Crippen LogP contribution in [0.15, 0.2) is 42.5 Å². The third-order valence-corrected chi connectivity index (χ3v) is 3.24. The van der Waals surface area contributed by atoms with Gasteiger partial charge < -0.3 is 20.5 Å². The molecule has 0 amide bonds. The minimum absolute atomic E-state index is 0.152. The van der Waals surface area contributed by atoms with Gasteiger partial charge in [0.2, 0.25) is 11.8 Å². The van der Waals surface area contributed by atoms with E-state index >= 15 is 0 Å². The Morgan fingerprint density at radius 1 is 1.00 bits per heavy atom. The van der Waals surface area contributed by atoms with Crippen molar-refractivity contribution in [1.29, 1.82) is 0 Å². The maximum Gasteiger partial charge on any atom is 0.245 e. The number of nitrogen functional groups attached to an aromatic ring is 1. The summed E-state index contributed by atoms with van der Waals surface area (Å²) in [6.07, 6.45) is 0. The predicted octanol–water partition coefficient (Wildman–Crippen LogP) is 2.77.